The predicted octanol–water partition coefficient (Wildman–Crippen LogP) is 6.37. The van der Waals surface area contributed by atoms with E-state index in [1.165, 1.54) is 5.56 Å². The summed E-state index contributed by atoms with van der Waals surface area (Å²) < 4.78 is 16.9. The van der Waals surface area contributed by atoms with Gasteiger partial charge in [0.25, 0.3) is 0 Å². The van der Waals surface area contributed by atoms with E-state index in [9.17, 15) is 4.79 Å². The molecule has 8 nitrogen and oxygen atoms in total. The molecule has 188 valence electrons. The molecule has 0 saturated carbocycles. The van der Waals surface area contributed by atoms with Crippen LogP contribution in [0.2, 0.25) is 0 Å². The van der Waals surface area contributed by atoms with Gasteiger partial charge >= 0.3 is 12.2 Å². The van der Waals surface area contributed by atoms with Gasteiger partial charge in [0.2, 0.25) is 0 Å². The number of nitrogens with one attached hydrogen (secondary N) is 1. The average Bonchev–Trinajstić information content (AvgIpc) is 3.29. The number of fused-ring (bicyclic) bond motifs is 1. The van der Waals surface area contributed by atoms with Gasteiger partial charge in [0.1, 0.15) is 23.2 Å². The first-order valence-electron chi connectivity index (χ1n) is 11.8. The Morgan fingerprint density at radius 1 is 1.00 bits per heavy atom. The van der Waals surface area contributed by atoms with Crippen molar-refractivity contribution in [3.05, 3.63) is 89.6 Å². The number of hydrogen-bond donors (Lipinski definition) is 1. The molecule has 4 aromatic rings. The maximum absolute atomic E-state index is 12.6. The van der Waals surface area contributed by atoms with Crippen molar-refractivity contribution in [2.45, 2.75) is 32.8 Å². The lowest BCUT2D eigenvalue weighted by Gasteiger charge is -2.18. The minimum absolute atomic E-state index is 0.250. The van der Waals surface area contributed by atoms with Gasteiger partial charge in [0, 0.05) is 5.56 Å². The van der Waals surface area contributed by atoms with Gasteiger partial charge in [-0.2, -0.15) is 9.59 Å². The first-order valence-corrected chi connectivity index (χ1v) is 11.8. The number of carbonyl (C=O) groups is 1. The number of aryl methyl sites for hydroxylation is 2. The van der Waals surface area contributed by atoms with Gasteiger partial charge in [0.05, 0.1) is 6.61 Å². The van der Waals surface area contributed by atoms with E-state index in [0.717, 1.165) is 47.5 Å². The lowest BCUT2D eigenvalue weighted by molar-refractivity contribution is -0.191. The predicted molar refractivity (Wildman–Crippen MR) is 136 cm³/mol. The number of benzene rings is 3. The third-order valence-corrected chi connectivity index (χ3v) is 6.04. The van der Waals surface area contributed by atoms with Gasteiger partial charge in [0.15, 0.2) is 5.76 Å². The van der Waals surface area contributed by atoms with Crippen LogP contribution in [-0.4, -0.2) is 24.0 Å². The van der Waals surface area contributed by atoms with E-state index in [1.54, 1.807) is 6.92 Å². The first-order chi connectivity index (χ1) is 18.0. The number of nitrogens with zero attached hydrogens (tertiary/aromatic N) is 1. The molecule has 1 N–H and O–H groups in total. The molecule has 0 aliphatic carbocycles. The molecule has 1 atom stereocenters. The highest BCUT2D eigenvalue weighted by molar-refractivity contribution is 5.91. The SMILES string of the molecule is Cc1noc(-c2ccc(-c3ccc4c(c3)OCCC4)cc2)c1NC(=O)OC(C)c1ccccc1.O=C=O. The summed E-state index contributed by atoms with van der Waals surface area (Å²) in [5.41, 5.74) is 6.23. The molecule has 2 heterocycles. The zero-order valence-corrected chi connectivity index (χ0v) is 20.5. The molecule has 5 rings (SSSR count). The molecule has 1 aliphatic rings. The Morgan fingerprint density at radius 2 is 1.68 bits per heavy atom. The molecular weight excluding hydrogens is 472 g/mol. The molecular formula is C29H26N2O6. The van der Waals surface area contributed by atoms with E-state index in [1.807, 2.05) is 61.5 Å². The summed E-state index contributed by atoms with van der Waals surface area (Å²) in [6.07, 6.45) is 1.42. The van der Waals surface area contributed by atoms with Crippen LogP contribution in [0.1, 0.15) is 36.3 Å². The summed E-state index contributed by atoms with van der Waals surface area (Å²) in [6, 6.07) is 23.9. The lowest BCUT2D eigenvalue weighted by Crippen LogP contribution is -2.16. The fourth-order valence-corrected chi connectivity index (χ4v) is 4.13. The van der Waals surface area contributed by atoms with E-state index >= 15 is 0 Å². The van der Waals surface area contributed by atoms with Gasteiger partial charge in [-0.25, -0.2) is 4.79 Å². The van der Waals surface area contributed by atoms with Crippen LogP contribution in [0.5, 0.6) is 5.75 Å². The smallest absolute Gasteiger partial charge is 0.412 e. The summed E-state index contributed by atoms with van der Waals surface area (Å²) >= 11 is 0. The Bertz CT molecular complexity index is 1390. The molecule has 37 heavy (non-hydrogen) atoms. The van der Waals surface area contributed by atoms with Crippen LogP contribution >= 0.6 is 0 Å². The fourth-order valence-electron chi connectivity index (χ4n) is 4.13. The monoisotopic (exact) mass is 498 g/mol. The molecule has 0 spiro atoms. The van der Waals surface area contributed by atoms with Crippen LogP contribution in [0.25, 0.3) is 22.5 Å². The van der Waals surface area contributed by atoms with Crippen molar-refractivity contribution in [3.8, 4) is 28.2 Å². The molecule has 0 saturated heterocycles. The highest BCUT2D eigenvalue weighted by atomic mass is 16.6. The minimum Gasteiger partial charge on any atom is -0.493 e. The third-order valence-electron chi connectivity index (χ3n) is 6.04. The van der Waals surface area contributed by atoms with Crippen molar-refractivity contribution in [2.24, 2.45) is 0 Å². The van der Waals surface area contributed by atoms with Crippen LogP contribution < -0.4 is 10.1 Å². The number of rotatable bonds is 5. The largest absolute Gasteiger partial charge is 0.493 e. The van der Waals surface area contributed by atoms with Gasteiger partial charge in [-0.05, 0) is 55.0 Å². The molecule has 0 radical (unpaired) electrons. The molecule has 0 bridgehead atoms. The molecule has 3 aromatic carbocycles. The molecule has 0 fully saturated rings. The van der Waals surface area contributed by atoms with E-state index in [2.05, 4.69) is 28.7 Å². The second-order valence-electron chi connectivity index (χ2n) is 8.49. The summed E-state index contributed by atoms with van der Waals surface area (Å²) in [7, 11) is 0. The Kier molecular flexibility index (Phi) is 8.13. The van der Waals surface area contributed by atoms with Crippen molar-refractivity contribution in [1.29, 1.82) is 0 Å². The molecule has 1 unspecified atom stereocenters. The minimum atomic E-state index is -0.561. The van der Waals surface area contributed by atoms with Crippen molar-refractivity contribution in [1.82, 2.24) is 5.16 Å². The maximum atomic E-state index is 12.6. The van der Waals surface area contributed by atoms with E-state index < -0.39 is 6.09 Å². The van der Waals surface area contributed by atoms with E-state index in [4.69, 9.17) is 23.6 Å². The zero-order chi connectivity index (χ0) is 26.2. The summed E-state index contributed by atoms with van der Waals surface area (Å²) in [6.45, 7) is 4.38. The van der Waals surface area contributed by atoms with Gasteiger partial charge < -0.3 is 14.0 Å². The number of aromatic nitrogens is 1. The number of ether oxygens (including phenoxy) is 2. The Balaban J connectivity index is 0.00000102. The van der Waals surface area contributed by atoms with Gasteiger partial charge in [-0.15, -0.1) is 0 Å². The highest BCUT2D eigenvalue weighted by Gasteiger charge is 2.20. The van der Waals surface area contributed by atoms with Crippen LogP contribution in [-0.2, 0) is 20.7 Å². The molecule has 1 aliphatic heterocycles. The summed E-state index contributed by atoms with van der Waals surface area (Å²) in [4.78, 5) is 28.8. The standard InChI is InChI=1S/C28H26N2O4.CO2/c1-18-26(29-28(31)33-19(2)20-7-4-3-5-8-20)27(34-30-18)23-13-10-21(11-14-23)24-15-12-22-9-6-16-32-25(22)17-24;2-1-3/h3-5,7-8,10-15,17,19H,6,9,16H2,1-2H3,(H,29,31);. The number of amides is 1. The van der Waals surface area contributed by atoms with Gasteiger partial charge in [-0.3, -0.25) is 5.32 Å². The number of hydrogen-bond acceptors (Lipinski definition) is 7. The first kappa shape index (κ1) is 25.4. The number of carbonyl (C=O) groups excluding carboxylic acids is 3. The van der Waals surface area contributed by atoms with Crippen molar-refractivity contribution in [2.75, 3.05) is 11.9 Å². The van der Waals surface area contributed by atoms with Crippen LogP contribution in [0, 0.1) is 6.92 Å². The second kappa shape index (κ2) is 11.8. The van der Waals surface area contributed by atoms with E-state index in [-0.39, 0.29) is 12.3 Å². The van der Waals surface area contributed by atoms with Crippen LogP contribution in [0.15, 0.2) is 77.3 Å². The van der Waals surface area contributed by atoms with Crippen LogP contribution in [0.4, 0.5) is 10.5 Å². The molecule has 1 aromatic heterocycles. The Labute approximate surface area is 214 Å². The zero-order valence-electron chi connectivity index (χ0n) is 20.5. The van der Waals surface area contributed by atoms with Crippen LogP contribution in [0.3, 0.4) is 0 Å². The number of anilines is 1. The van der Waals surface area contributed by atoms with Gasteiger partial charge in [-0.1, -0.05) is 71.9 Å². The molecule has 1 amide bonds. The van der Waals surface area contributed by atoms with Crippen molar-refractivity contribution >= 4 is 17.9 Å². The van der Waals surface area contributed by atoms with E-state index in [0.29, 0.717) is 17.1 Å². The Hall–Kier alpha value is -4.68. The van der Waals surface area contributed by atoms with Crippen molar-refractivity contribution < 1.29 is 28.4 Å². The second-order valence-corrected chi connectivity index (χ2v) is 8.49. The van der Waals surface area contributed by atoms with Crippen molar-refractivity contribution in [3.63, 3.8) is 0 Å². The maximum Gasteiger partial charge on any atom is 0.412 e. The molecule has 8 heteroatoms. The lowest BCUT2D eigenvalue weighted by atomic mass is 9.98. The summed E-state index contributed by atoms with van der Waals surface area (Å²) in [5.74, 6) is 1.45. The average molecular weight is 499 g/mol. The summed E-state index contributed by atoms with van der Waals surface area (Å²) in [5, 5.41) is 6.85. The quantitative estimate of drug-likeness (QED) is 0.341. The fraction of sp³-hybridized carbons (Fsp3) is 0.207. The highest BCUT2D eigenvalue weighted by Crippen LogP contribution is 2.34. The topological polar surface area (TPSA) is 108 Å². The third kappa shape index (κ3) is 6.12. The normalized spacial score (nSPS) is 12.6. The Morgan fingerprint density at radius 3 is 2.41 bits per heavy atom.